The Balaban J connectivity index is 1.43. The Morgan fingerprint density at radius 1 is 1.00 bits per heavy atom. The number of carbonyl (C=O) groups is 1. The van der Waals surface area contributed by atoms with Gasteiger partial charge in [0.05, 0.1) is 5.69 Å². The number of anilines is 1. The van der Waals surface area contributed by atoms with Crippen LogP contribution < -0.4 is 10.1 Å². The molecule has 29 heavy (non-hydrogen) atoms. The maximum Gasteiger partial charge on any atom is 0.411 e. The molecule has 0 unspecified atom stereocenters. The predicted octanol–water partition coefficient (Wildman–Crippen LogP) is 5.10. The Kier molecular flexibility index (Phi) is 5.33. The molecule has 2 N–H and O–H groups in total. The smallest absolute Gasteiger partial charge is 0.411 e. The van der Waals surface area contributed by atoms with Gasteiger partial charge in [0, 0.05) is 12.0 Å². The van der Waals surface area contributed by atoms with E-state index in [-0.39, 0.29) is 30.6 Å². The van der Waals surface area contributed by atoms with E-state index in [1.807, 2.05) is 36.4 Å². The van der Waals surface area contributed by atoms with Crippen LogP contribution in [0.1, 0.15) is 17.0 Å². The molecule has 0 radical (unpaired) electrons. The van der Waals surface area contributed by atoms with Crippen molar-refractivity contribution in [2.45, 2.75) is 5.92 Å². The van der Waals surface area contributed by atoms with E-state index in [0.29, 0.717) is 5.75 Å². The fourth-order valence-corrected chi connectivity index (χ4v) is 3.61. The van der Waals surface area contributed by atoms with Gasteiger partial charge in [-0.1, -0.05) is 48.5 Å². The maximum atomic E-state index is 12.3. The van der Waals surface area contributed by atoms with Crippen LogP contribution in [0, 0.1) is 0 Å². The summed E-state index contributed by atoms with van der Waals surface area (Å²) in [7, 11) is 0. The molecule has 0 aliphatic heterocycles. The highest BCUT2D eigenvalue weighted by Gasteiger charge is 2.29. The van der Waals surface area contributed by atoms with Gasteiger partial charge in [-0.2, -0.15) is 0 Å². The van der Waals surface area contributed by atoms with Crippen LogP contribution in [0.2, 0.25) is 0 Å². The first kappa shape index (κ1) is 18.8. The van der Waals surface area contributed by atoms with Crippen LogP contribution in [0.15, 0.2) is 66.7 Å². The molecule has 148 valence electrons. The number of carbonyl (C=O) groups excluding carboxylic acids is 1. The van der Waals surface area contributed by atoms with Crippen molar-refractivity contribution in [1.82, 2.24) is 0 Å². The maximum absolute atomic E-state index is 12.3. The average Bonchev–Trinajstić information content (AvgIpc) is 3.06. The quantitative estimate of drug-likeness (QED) is 0.572. The van der Waals surface area contributed by atoms with Gasteiger partial charge in [0.2, 0.25) is 0 Å². The number of nitrogens with one attached hydrogen (secondary N) is 1. The lowest BCUT2D eigenvalue weighted by Crippen LogP contribution is -2.18. The first-order valence-corrected chi connectivity index (χ1v) is 9.31. The Hall–Kier alpha value is -3.54. The van der Waals surface area contributed by atoms with Crippen LogP contribution in [0.3, 0.4) is 0 Å². The highest BCUT2D eigenvalue weighted by Crippen LogP contribution is 2.44. The number of aromatic hydroxyl groups is 1. The number of alkyl halides is 1. The van der Waals surface area contributed by atoms with Gasteiger partial charge < -0.3 is 14.6 Å². The molecule has 5 nitrogen and oxygen atoms in total. The van der Waals surface area contributed by atoms with Crippen LogP contribution in [0.4, 0.5) is 14.9 Å². The number of fused-ring (bicyclic) bond motifs is 3. The number of phenols is 1. The number of benzene rings is 3. The minimum Gasteiger partial charge on any atom is -0.506 e. The van der Waals surface area contributed by atoms with Crippen molar-refractivity contribution in [2.24, 2.45) is 0 Å². The first-order chi connectivity index (χ1) is 14.2. The van der Waals surface area contributed by atoms with Crippen molar-refractivity contribution >= 4 is 11.8 Å². The average molecular weight is 393 g/mol. The van der Waals surface area contributed by atoms with E-state index in [2.05, 4.69) is 17.4 Å². The monoisotopic (exact) mass is 393 g/mol. The topological polar surface area (TPSA) is 67.8 Å². The van der Waals surface area contributed by atoms with Crippen LogP contribution in [0.5, 0.6) is 11.5 Å². The molecule has 0 spiro atoms. The lowest BCUT2D eigenvalue weighted by molar-refractivity contribution is 0.158. The summed E-state index contributed by atoms with van der Waals surface area (Å²) in [6, 6.07) is 20.5. The zero-order valence-corrected chi connectivity index (χ0v) is 15.6. The van der Waals surface area contributed by atoms with Gasteiger partial charge in [-0.15, -0.1) is 0 Å². The number of amides is 1. The van der Waals surface area contributed by atoms with E-state index >= 15 is 0 Å². The van der Waals surface area contributed by atoms with Gasteiger partial charge in [0.1, 0.15) is 31.4 Å². The van der Waals surface area contributed by atoms with E-state index in [9.17, 15) is 14.3 Å². The highest BCUT2D eigenvalue weighted by molar-refractivity contribution is 5.87. The highest BCUT2D eigenvalue weighted by atomic mass is 19.1. The van der Waals surface area contributed by atoms with Crippen molar-refractivity contribution in [2.75, 3.05) is 25.2 Å². The molecular weight excluding hydrogens is 373 g/mol. The summed E-state index contributed by atoms with van der Waals surface area (Å²) < 4.78 is 22.7. The molecule has 3 aromatic rings. The minimum absolute atomic E-state index is 0.0433. The Morgan fingerprint density at radius 3 is 2.28 bits per heavy atom. The summed E-state index contributed by atoms with van der Waals surface area (Å²) in [6.07, 6.45) is -0.667. The third-order valence-electron chi connectivity index (χ3n) is 4.90. The van der Waals surface area contributed by atoms with E-state index in [4.69, 9.17) is 9.47 Å². The zero-order chi connectivity index (χ0) is 20.2. The van der Waals surface area contributed by atoms with Gasteiger partial charge in [-0.25, -0.2) is 9.18 Å². The van der Waals surface area contributed by atoms with Gasteiger partial charge in [-0.3, -0.25) is 5.32 Å². The molecule has 0 aromatic heterocycles. The number of phenolic OH excluding ortho intramolecular Hbond substituents is 1. The van der Waals surface area contributed by atoms with Crippen LogP contribution >= 0.6 is 0 Å². The molecule has 0 saturated carbocycles. The number of ether oxygens (including phenoxy) is 2. The lowest BCUT2D eigenvalue weighted by Gasteiger charge is -2.15. The molecule has 3 aromatic carbocycles. The van der Waals surface area contributed by atoms with Gasteiger partial charge >= 0.3 is 6.09 Å². The molecule has 1 aliphatic rings. The van der Waals surface area contributed by atoms with Crippen LogP contribution in [-0.4, -0.2) is 31.1 Å². The zero-order valence-electron chi connectivity index (χ0n) is 15.6. The second-order valence-corrected chi connectivity index (χ2v) is 6.67. The molecule has 0 saturated heterocycles. The lowest BCUT2D eigenvalue weighted by atomic mass is 9.98. The minimum atomic E-state index is -0.667. The summed E-state index contributed by atoms with van der Waals surface area (Å²) in [5.41, 5.74) is 4.74. The van der Waals surface area contributed by atoms with Crippen LogP contribution in [-0.2, 0) is 4.74 Å². The number of halogens is 1. The number of rotatable bonds is 6. The van der Waals surface area contributed by atoms with Crippen LogP contribution in [0.25, 0.3) is 11.1 Å². The number of hydrogen-bond donors (Lipinski definition) is 2. The van der Waals surface area contributed by atoms with Crippen molar-refractivity contribution in [3.05, 3.63) is 77.9 Å². The summed E-state index contributed by atoms with van der Waals surface area (Å²) in [4.78, 5) is 12.3. The fourth-order valence-electron chi connectivity index (χ4n) is 3.61. The van der Waals surface area contributed by atoms with Gasteiger partial charge in [-0.05, 0) is 34.4 Å². The predicted molar refractivity (Wildman–Crippen MR) is 108 cm³/mol. The third kappa shape index (κ3) is 3.87. The SMILES string of the molecule is O=C(Nc1ccc(OCCF)cc1O)OCC1c2ccccc2-c2ccccc21. The van der Waals surface area contributed by atoms with Gasteiger partial charge in [0.25, 0.3) is 0 Å². The van der Waals surface area contributed by atoms with E-state index in [1.165, 1.54) is 18.2 Å². The fraction of sp³-hybridized carbons (Fsp3) is 0.174. The summed E-state index contributed by atoms with van der Waals surface area (Å²) in [5, 5.41) is 12.6. The molecule has 0 bridgehead atoms. The van der Waals surface area contributed by atoms with E-state index in [1.54, 1.807) is 0 Å². The van der Waals surface area contributed by atoms with Crippen molar-refractivity contribution in [3.63, 3.8) is 0 Å². The van der Waals surface area contributed by atoms with Crippen molar-refractivity contribution in [3.8, 4) is 22.6 Å². The molecule has 6 heteroatoms. The van der Waals surface area contributed by atoms with Gasteiger partial charge in [0.15, 0.2) is 0 Å². The second kappa shape index (κ2) is 8.22. The summed E-state index contributed by atoms with van der Waals surface area (Å²) in [5.74, 6) is 0.0892. The number of hydrogen-bond acceptors (Lipinski definition) is 4. The molecule has 1 amide bonds. The molecule has 0 fully saturated rings. The summed E-state index contributed by atoms with van der Waals surface area (Å²) >= 11 is 0. The molecular formula is C23H20FNO4. The summed E-state index contributed by atoms with van der Waals surface area (Å²) in [6.45, 7) is -0.544. The second-order valence-electron chi connectivity index (χ2n) is 6.67. The van der Waals surface area contributed by atoms with Crippen molar-refractivity contribution < 1.29 is 23.8 Å². The Bertz CT molecular complexity index is 991. The molecule has 0 atom stereocenters. The third-order valence-corrected chi connectivity index (χ3v) is 4.90. The molecule has 0 heterocycles. The standard InChI is InChI=1S/C23H20FNO4/c24-11-12-28-15-9-10-21(22(26)13-15)25-23(27)29-14-20-18-7-3-1-5-16(18)17-6-2-4-8-19(17)20/h1-10,13,20,26H,11-12,14H2,(H,25,27). The van der Waals surface area contributed by atoms with Crippen molar-refractivity contribution in [1.29, 1.82) is 0 Å². The molecule has 1 aliphatic carbocycles. The molecule has 4 rings (SSSR count). The largest absolute Gasteiger partial charge is 0.506 e. The Labute approximate surface area is 167 Å². The van der Waals surface area contributed by atoms with E-state index < -0.39 is 12.8 Å². The Morgan fingerprint density at radius 2 is 1.66 bits per heavy atom. The first-order valence-electron chi connectivity index (χ1n) is 9.31. The normalized spacial score (nSPS) is 12.2. The van der Waals surface area contributed by atoms with E-state index in [0.717, 1.165) is 22.3 Å².